The fraction of sp³-hybridized carbons (Fsp3) is 0.0667. The van der Waals surface area contributed by atoms with Gasteiger partial charge in [-0.2, -0.15) is 5.10 Å². The molecule has 2 rings (SSSR count). The minimum Gasteiger partial charge on any atom is -0.477 e. The molecule has 0 fully saturated rings. The van der Waals surface area contributed by atoms with Crippen molar-refractivity contribution < 1.29 is 14.8 Å². The van der Waals surface area contributed by atoms with Crippen LogP contribution in [0.15, 0.2) is 53.6 Å². The predicted octanol–water partition coefficient (Wildman–Crippen LogP) is 3.34. The van der Waals surface area contributed by atoms with E-state index in [1.165, 1.54) is 24.3 Å². The lowest BCUT2D eigenvalue weighted by molar-refractivity contribution is -0.384. The number of halogens is 1. The van der Waals surface area contributed by atoms with E-state index in [1.807, 2.05) is 0 Å². The van der Waals surface area contributed by atoms with Gasteiger partial charge in [0.2, 0.25) is 0 Å². The van der Waals surface area contributed by atoms with Crippen LogP contribution < -0.4 is 5.43 Å². The Morgan fingerprint density at radius 2 is 1.87 bits per heavy atom. The van der Waals surface area contributed by atoms with Gasteiger partial charge in [-0.25, -0.2) is 4.79 Å². The van der Waals surface area contributed by atoms with Crippen LogP contribution in [0.25, 0.3) is 0 Å². The number of nitrogens with one attached hydrogen (secondary N) is 1. The second-order valence-electron chi connectivity index (χ2n) is 4.55. The Morgan fingerprint density at radius 3 is 2.43 bits per heavy atom. The third kappa shape index (κ3) is 4.52. The summed E-state index contributed by atoms with van der Waals surface area (Å²) in [6, 6.07) is 12.4. The van der Waals surface area contributed by atoms with Gasteiger partial charge in [0.1, 0.15) is 5.71 Å². The van der Waals surface area contributed by atoms with Crippen LogP contribution in [0.5, 0.6) is 0 Å². The third-order valence-electron chi connectivity index (χ3n) is 2.96. The van der Waals surface area contributed by atoms with Crippen LogP contribution in [-0.4, -0.2) is 21.7 Å². The van der Waals surface area contributed by atoms with Crippen molar-refractivity contribution in [2.75, 3.05) is 5.43 Å². The molecule has 0 unspecified atom stereocenters. The standard InChI is InChI=1S/C15H12ClN3O4/c16-13-4-2-1-3-10(13)9-14(15(20)21)18-17-11-5-7-12(8-6-11)19(22)23/h1-8,17H,9H2,(H,20,21). The molecule has 8 heteroatoms. The highest BCUT2D eigenvalue weighted by Gasteiger charge is 2.13. The fourth-order valence-electron chi connectivity index (χ4n) is 1.77. The van der Waals surface area contributed by atoms with Crippen LogP contribution in [-0.2, 0) is 11.2 Å². The summed E-state index contributed by atoms with van der Waals surface area (Å²) >= 11 is 6.01. The van der Waals surface area contributed by atoms with Gasteiger partial charge in [-0.05, 0) is 23.8 Å². The number of hydrogen-bond acceptors (Lipinski definition) is 5. The van der Waals surface area contributed by atoms with Crippen molar-refractivity contribution in [2.24, 2.45) is 5.10 Å². The molecule has 0 aliphatic heterocycles. The van der Waals surface area contributed by atoms with Gasteiger partial charge in [0.25, 0.3) is 5.69 Å². The molecular formula is C15H12ClN3O4. The second kappa shape index (κ2) is 7.37. The summed E-state index contributed by atoms with van der Waals surface area (Å²) in [6.45, 7) is 0. The first-order chi connectivity index (χ1) is 11.0. The molecule has 0 spiro atoms. The molecule has 0 atom stereocenters. The Kier molecular flexibility index (Phi) is 5.27. The molecule has 7 nitrogen and oxygen atoms in total. The third-order valence-corrected chi connectivity index (χ3v) is 3.33. The van der Waals surface area contributed by atoms with E-state index in [0.29, 0.717) is 16.3 Å². The number of hydrogen-bond donors (Lipinski definition) is 2. The van der Waals surface area contributed by atoms with E-state index in [0.717, 1.165) is 0 Å². The smallest absolute Gasteiger partial charge is 0.352 e. The average molecular weight is 334 g/mol. The van der Waals surface area contributed by atoms with E-state index < -0.39 is 10.9 Å². The zero-order chi connectivity index (χ0) is 16.8. The SMILES string of the molecule is O=C(O)C(Cc1ccccc1Cl)=NNc1ccc([N+](=O)[O-])cc1. The Morgan fingerprint density at radius 1 is 1.22 bits per heavy atom. The van der Waals surface area contributed by atoms with E-state index in [-0.39, 0.29) is 17.8 Å². The van der Waals surface area contributed by atoms with Crippen molar-refractivity contribution in [1.82, 2.24) is 0 Å². The van der Waals surface area contributed by atoms with Crippen molar-refractivity contribution in [2.45, 2.75) is 6.42 Å². The van der Waals surface area contributed by atoms with Gasteiger partial charge >= 0.3 is 5.97 Å². The van der Waals surface area contributed by atoms with Crippen molar-refractivity contribution in [3.05, 3.63) is 69.2 Å². The maximum atomic E-state index is 11.3. The molecule has 2 N–H and O–H groups in total. The highest BCUT2D eigenvalue weighted by Crippen LogP contribution is 2.17. The normalized spacial score (nSPS) is 11.1. The Hall–Kier alpha value is -2.93. The molecule has 23 heavy (non-hydrogen) atoms. The summed E-state index contributed by atoms with van der Waals surface area (Å²) in [7, 11) is 0. The van der Waals surface area contributed by atoms with E-state index in [1.54, 1.807) is 24.3 Å². The van der Waals surface area contributed by atoms with Gasteiger partial charge in [-0.1, -0.05) is 29.8 Å². The zero-order valence-electron chi connectivity index (χ0n) is 11.8. The minimum absolute atomic E-state index is 0.0506. The van der Waals surface area contributed by atoms with Crippen LogP contribution in [0.4, 0.5) is 11.4 Å². The predicted molar refractivity (Wildman–Crippen MR) is 86.9 cm³/mol. The van der Waals surface area contributed by atoms with Gasteiger partial charge in [-0.3, -0.25) is 15.5 Å². The Labute approximate surface area is 136 Å². The number of nitro benzene ring substituents is 1. The molecule has 2 aromatic carbocycles. The van der Waals surface area contributed by atoms with Gasteiger partial charge in [0, 0.05) is 23.6 Å². The van der Waals surface area contributed by atoms with Crippen molar-refractivity contribution in [3.63, 3.8) is 0 Å². The number of anilines is 1. The van der Waals surface area contributed by atoms with Crippen LogP contribution in [0.1, 0.15) is 5.56 Å². The maximum absolute atomic E-state index is 11.3. The average Bonchev–Trinajstić information content (AvgIpc) is 2.53. The lowest BCUT2D eigenvalue weighted by Crippen LogP contribution is -2.18. The first kappa shape index (κ1) is 16.4. The monoisotopic (exact) mass is 333 g/mol. The van der Waals surface area contributed by atoms with Crippen LogP contribution in [0.3, 0.4) is 0 Å². The zero-order valence-corrected chi connectivity index (χ0v) is 12.5. The number of carbonyl (C=O) groups is 1. The molecule has 0 aromatic heterocycles. The summed E-state index contributed by atoms with van der Waals surface area (Å²) in [5.74, 6) is -1.18. The first-order valence-corrected chi connectivity index (χ1v) is 6.89. The molecule has 0 amide bonds. The van der Waals surface area contributed by atoms with Gasteiger partial charge in [-0.15, -0.1) is 0 Å². The molecule has 0 saturated heterocycles. The lowest BCUT2D eigenvalue weighted by Gasteiger charge is -2.06. The molecule has 0 radical (unpaired) electrons. The number of carboxylic acid groups (broad SMARTS) is 1. The number of carboxylic acids is 1. The molecule has 0 saturated carbocycles. The number of nitro groups is 1. The number of hydrazone groups is 1. The van der Waals surface area contributed by atoms with Gasteiger partial charge in [0.05, 0.1) is 10.6 Å². The van der Waals surface area contributed by atoms with E-state index >= 15 is 0 Å². The van der Waals surface area contributed by atoms with Crippen molar-refractivity contribution in [3.8, 4) is 0 Å². The number of nitrogens with zero attached hydrogens (tertiary/aromatic N) is 2. The van der Waals surface area contributed by atoms with Gasteiger partial charge in [0.15, 0.2) is 0 Å². The van der Waals surface area contributed by atoms with Crippen LogP contribution in [0.2, 0.25) is 5.02 Å². The number of aliphatic carboxylic acids is 1. The van der Waals surface area contributed by atoms with E-state index in [4.69, 9.17) is 11.6 Å². The van der Waals surface area contributed by atoms with Gasteiger partial charge < -0.3 is 5.11 Å². The maximum Gasteiger partial charge on any atom is 0.352 e. The summed E-state index contributed by atoms with van der Waals surface area (Å²) in [6.07, 6.45) is 0.0506. The topological polar surface area (TPSA) is 105 Å². The summed E-state index contributed by atoms with van der Waals surface area (Å²) < 4.78 is 0. The molecule has 0 heterocycles. The number of rotatable bonds is 6. The molecule has 0 aliphatic carbocycles. The summed E-state index contributed by atoms with van der Waals surface area (Å²) in [4.78, 5) is 21.3. The molecule has 0 bridgehead atoms. The number of benzene rings is 2. The Balaban J connectivity index is 2.14. The van der Waals surface area contributed by atoms with Crippen molar-refractivity contribution in [1.29, 1.82) is 0 Å². The summed E-state index contributed by atoms with van der Waals surface area (Å²) in [5.41, 5.74) is 3.46. The first-order valence-electron chi connectivity index (χ1n) is 6.51. The molecule has 2 aromatic rings. The lowest BCUT2D eigenvalue weighted by atomic mass is 10.1. The van der Waals surface area contributed by atoms with E-state index in [9.17, 15) is 20.0 Å². The second-order valence-corrected chi connectivity index (χ2v) is 4.95. The highest BCUT2D eigenvalue weighted by atomic mass is 35.5. The van der Waals surface area contributed by atoms with E-state index in [2.05, 4.69) is 10.5 Å². The Bertz CT molecular complexity index is 760. The van der Waals surface area contributed by atoms with Crippen molar-refractivity contribution >= 4 is 34.7 Å². The molecule has 118 valence electrons. The van der Waals surface area contributed by atoms with Crippen LogP contribution in [0, 0.1) is 10.1 Å². The molecular weight excluding hydrogens is 322 g/mol. The minimum atomic E-state index is -1.18. The van der Waals surface area contributed by atoms with Crippen LogP contribution >= 0.6 is 11.6 Å². The highest BCUT2D eigenvalue weighted by molar-refractivity contribution is 6.37. The quantitative estimate of drug-likeness (QED) is 0.479. The summed E-state index contributed by atoms with van der Waals surface area (Å²) in [5, 5.41) is 24.1. The molecule has 0 aliphatic rings. The number of non-ortho nitro benzene ring substituents is 1. The largest absolute Gasteiger partial charge is 0.477 e. The fourth-order valence-corrected chi connectivity index (χ4v) is 1.98.